The standard InChI is InChI=1S/C53H102O5/c1-4-7-10-13-16-19-22-25-26-27-30-33-36-39-42-45-48-53(51(56)49-54,50(55)46-43-40-37-34-31-28-23-20-17-14-11-8-5-2)58-52(57)47-44-41-38-35-32-29-24-21-18-15-12-9-6-3/h25-26,51,54,56H,4-24,27-49H2,1-3H3. The van der Waals surface area contributed by atoms with Crippen LogP contribution in [0.15, 0.2) is 12.2 Å². The molecular formula is C53H102O5. The average Bonchev–Trinajstić information content (AvgIpc) is 3.23. The molecule has 0 bridgehead atoms. The van der Waals surface area contributed by atoms with Gasteiger partial charge in [-0.15, -0.1) is 0 Å². The Hall–Kier alpha value is -1.20. The number of ketones is 1. The molecule has 0 fully saturated rings. The van der Waals surface area contributed by atoms with Crippen molar-refractivity contribution in [1.29, 1.82) is 0 Å². The predicted molar refractivity (Wildman–Crippen MR) is 252 cm³/mol. The van der Waals surface area contributed by atoms with Gasteiger partial charge in [-0.2, -0.15) is 0 Å². The number of allylic oxidation sites excluding steroid dienone is 2. The molecule has 344 valence electrons. The Labute approximate surface area is 362 Å². The van der Waals surface area contributed by atoms with E-state index >= 15 is 0 Å². The number of unbranched alkanes of at least 4 members (excludes halogenated alkanes) is 36. The third-order valence-corrected chi connectivity index (χ3v) is 12.5. The van der Waals surface area contributed by atoms with Crippen LogP contribution in [0, 0.1) is 0 Å². The van der Waals surface area contributed by atoms with E-state index in [9.17, 15) is 19.8 Å². The first-order valence-corrected chi connectivity index (χ1v) is 26.2. The Kier molecular flexibility index (Phi) is 44.4. The van der Waals surface area contributed by atoms with Gasteiger partial charge in [-0.05, 0) is 51.4 Å². The van der Waals surface area contributed by atoms with Gasteiger partial charge >= 0.3 is 5.97 Å². The van der Waals surface area contributed by atoms with Crippen molar-refractivity contribution in [3.05, 3.63) is 12.2 Å². The first-order chi connectivity index (χ1) is 28.5. The summed E-state index contributed by atoms with van der Waals surface area (Å²) in [5.74, 6) is -0.609. The van der Waals surface area contributed by atoms with E-state index in [2.05, 4.69) is 32.9 Å². The third-order valence-electron chi connectivity index (χ3n) is 12.5. The van der Waals surface area contributed by atoms with Crippen LogP contribution < -0.4 is 0 Å². The van der Waals surface area contributed by atoms with Crippen LogP contribution in [0.1, 0.15) is 297 Å². The zero-order chi connectivity index (χ0) is 42.5. The Morgan fingerprint density at radius 1 is 0.431 bits per heavy atom. The van der Waals surface area contributed by atoms with Crippen molar-refractivity contribution in [2.75, 3.05) is 6.61 Å². The van der Waals surface area contributed by atoms with Crippen molar-refractivity contribution >= 4 is 11.8 Å². The fraction of sp³-hybridized carbons (Fsp3) is 0.925. The summed E-state index contributed by atoms with van der Waals surface area (Å²) in [5, 5.41) is 21.3. The number of ether oxygens (including phenoxy) is 1. The van der Waals surface area contributed by atoms with Crippen LogP contribution in [-0.4, -0.2) is 40.3 Å². The molecule has 2 unspecified atom stereocenters. The lowest BCUT2D eigenvalue weighted by Gasteiger charge is -2.36. The monoisotopic (exact) mass is 819 g/mol. The van der Waals surface area contributed by atoms with E-state index in [0.29, 0.717) is 6.42 Å². The van der Waals surface area contributed by atoms with E-state index in [1.165, 1.54) is 186 Å². The first kappa shape index (κ1) is 56.8. The van der Waals surface area contributed by atoms with E-state index in [-0.39, 0.29) is 25.0 Å². The molecule has 2 N–H and O–H groups in total. The van der Waals surface area contributed by atoms with Crippen LogP contribution in [0.4, 0.5) is 0 Å². The van der Waals surface area contributed by atoms with Crippen LogP contribution in [-0.2, 0) is 14.3 Å². The largest absolute Gasteiger partial charge is 0.448 e. The van der Waals surface area contributed by atoms with Gasteiger partial charge in [0.25, 0.3) is 0 Å². The van der Waals surface area contributed by atoms with Crippen molar-refractivity contribution in [2.45, 2.75) is 309 Å². The summed E-state index contributed by atoms with van der Waals surface area (Å²) in [6.07, 6.45) is 52.9. The molecule has 0 aromatic rings. The van der Waals surface area contributed by atoms with Gasteiger partial charge in [0.05, 0.1) is 6.61 Å². The number of aliphatic hydroxyl groups is 2. The Morgan fingerprint density at radius 3 is 1.07 bits per heavy atom. The van der Waals surface area contributed by atoms with Crippen LogP contribution >= 0.6 is 0 Å². The van der Waals surface area contributed by atoms with Crippen LogP contribution in [0.25, 0.3) is 0 Å². The SMILES string of the molecule is CCCCCCCCC=CCCCCCCCCC(OC(=O)CCCCCCCCCCCCCCC)(C(=O)CCCCCCCCCCCCCCC)C(O)CO. The second-order valence-electron chi connectivity index (χ2n) is 18.2. The predicted octanol–water partition coefficient (Wildman–Crippen LogP) is 16.6. The highest BCUT2D eigenvalue weighted by Gasteiger charge is 2.47. The van der Waals surface area contributed by atoms with E-state index in [1.807, 2.05) is 0 Å². The summed E-state index contributed by atoms with van der Waals surface area (Å²) in [5.41, 5.74) is -1.64. The van der Waals surface area contributed by atoms with E-state index in [1.54, 1.807) is 0 Å². The van der Waals surface area contributed by atoms with Gasteiger partial charge in [0.1, 0.15) is 6.10 Å². The molecule has 0 aliphatic carbocycles. The van der Waals surface area contributed by atoms with Gasteiger partial charge in [-0.1, -0.05) is 245 Å². The molecule has 0 radical (unpaired) electrons. The molecule has 0 amide bonds. The summed E-state index contributed by atoms with van der Waals surface area (Å²) in [4.78, 5) is 27.2. The van der Waals surface area contributed by atoms with Crippen molar-refractivity contribution in [3.63, 3.8) is 0 Å². The molecule has 2 atom stereocenters. The smallest absolute Gasteiger partial charge is 0.306 e. The van der Waals surface area contributed by atoms with Gasteiger partial charge in [0, 0.05) is 12.8 Å². The van der Waals surface area contributed by atoms with Gasteiger partial charge < -0.3 is 14.9 Å². The van der Waals surface area contributed by atoms with Crippen molar-refractivity contribution in [1.82, 2.24) is 0 Å². The molecule has 0 saturated carbocycles. The fourth-order valence-electron chi connectivity index (χ4n) is 8.51. The molecule has 5 heteroatoms. The average molecular weight is 819 g/mol. The molecular weight excluding hydrogens is 717 g/mol. The highest BCUT2D eigenvalue weighted by molar-refractivity contribution is 5.90. The van der Waals surface area contributed by atoms with Crippen LogP contribution in [0.3, 0.4) is 0 Å². The number of carbonyl (C=O) groups is 2. The maximum atomic E-state index is 13.9. The summed E-state index contributed by atoms with van der Waals surface area (Å²) < 4.78 is 6.04. The van der Waals surface area contributed by atoms with Crippen molar-refractivity contribution in [3.8, 4) is 0 Å². The van der Waals surface area contributed by atoms with Crippen molar-refractivity contribution in [2.24, 2.45) is 0 Å². The highest BCUT2D eigenvalue weighted by Crippen LogP contribution is 2.30. The maximum absolute atomic E-state index is 13.9. The van der Waals surface area contributed by atoms with Crippen LogP contribution in [0.2, 0.25) is 0 Å². The highest BCUT2D eigenvalue weighted by atomic mass is 16.6. The van der Waals surface area contributed by atoms with Gasteiger partial charge in [-0.25, -0.2) is 0 Å². The molecule has 58 heavy (non-hydrogen) atoms. The molecule has 0 saturated heterocycles. The van der Waals surface area contributed by atoms with Gasteiger partial charge in [0.15, 0.2) is 11.4 Å². The quantitative estimate of drug-likeness (QED) is 0.0363. The Morgan fingerprint density at radius 2 is 0.724 bits per heavy atom. The number of hydrogen-bond donors (Lipinski definition) is 2. The molecule has 0 aromatic heterocycles. The normalized spacial score (nSPS) is 13.3. The minimum atomic E-state index is -1.64. The molecule has 5 nitrogen and oxygen atoms in total. The second-order valence-corrected chi connectivity index (χ2v) is 18.2. The van der Waals surface area contributed by atoms with E-state index in [4.69, 9.17) is 4.74 Å². The molecule has 0 heterocycles. The summed E-state index contributed by atoms with van der Waals surface area (Å²) in [7, 11) is 0. The lowest BCUT2D eigenvalue weighted by atomic mass is 9.83. The minimum Gasteiger partial charge on any atom is -0.448 e. The van der Waals surface area contributed by atoms with Gasteiger partial charge in [0.2, 0.25) is 0 Å². The van der Waals surface area contributed by atoms with Crippen molar-refractivity contribution < 1.29 is 24.5 Å². The lowest BCUT2D eigenvalue weighted by molar-refractivity contribution is -0.186. The topological polar surface area (TPSA) is 83.8 Å². The number of aliphatic hydroxyl groups excluding tert-OH is 2. The first-order valence-electron chi connectivity index (χ1n) is 26.2. The Balaban J connectivity index is 4.76. The summed E-state index contributed by atoms with van der Waals surface area (Å²) in [6.45, 7) is 6.22. The number of carbonyl (C=O) groups excluding carboxylic acids is 2. The van der Waals surface area contributed by atoms with E-state index in [0.717, 1.165) is 64.2 Å². The molecule has 0 rings (SSSR count). The maximum Gasteiger partial charge on any atom is 0.306 e. The number of rotatable bonds is 48. The van der Waals surface area contributed by atoms with Gasteiger partial charge in [-0.3, -0.25) is 9.59 Å². The van der Waals surface area contributed by atoms with E-state index < -0.39 is 24.3 Å². The second kappa shape index (κ2) is 45.3. The lowest BCUT2D eigenvalue weighted by Crippen LogP contribution is -2.54. The zero-order valence-electron chi connectivity index (χ0n) is 39.5. The zero-order valence-corrected chi connectivity index (χ0v) is 39.5. The van der Waals surface area contributed by atoms with Crippen LogP contribution in [0.5, 0.6) is 0 Å². The number of Topliss-reactive ketones (excluding diaryl/α,β-unsaturated/α-hetero) is 1. The molecule has 0 aliphatic heterocycles. The summed E-state index contributed by atoms with van der Waals surface area (Å²) >= 11 is 0. The molecule has 0 aliphatic rings. The minimum absolute atomic E-state index is 0.205. The molecule has 0 spiro atoms. The summed E-state index contributed by atoms with van der Waals surface area (Å²) in [6, 6.07) is 0. The Bertz CT molecular complexity index is 886. The number of esters is 1. The third kappa shape index (κ3) is 35.5. The molecule has 0 aromatic carbocycles. The fourth-order valence-corrected chi connectivity index (χ4v) is 8.51. The number of hydrogen-bond acceptors (Lipinski definition) is 5.